The molecule has 0 bridgehead atoms. The molecule has 3 aromatic rings. The van der Waals surface area contributed by atoms with Crippen LogP contribution in [-0.2, 0) is 19.9 Å². The van der Waals surface area contributed by atoms with Gasteiger partial charge in [-0.2, -0.15) is 5.10 Å². The molecule has 1 atom stereocenters. The first kappa shape index (κ1) is 24.0. The molecule has 4 rings (SSSR count). The predicted molar refractivity (Wildman–Crippen MR) is 127 cm³/mol. The molecule has 0 unspecified atom stereocenters. The van der Waals surface area contributed by atoms with Crippen LogP contribution in [0.5, 0.6) is 0 Å². The van der Waals surface area contributed by atoms with Gasteiger partial charge in [-0.05, 0) is 36.1 Å². The Hall–Kier alpha value is -4.18. The van der Waals surface area contributed by atoms with Gasteiger partial charge in [-0.1, -0.05) is 48.5 Å². The van der Waals surface area contributed by atoms with Crippen molar-refractivity contribution < 1.29 is 29.3 Å². The molecule has 1 heterocycles. The number of amides is 2. The van der Waals surface area contributed by atoms with Crippen LogP contribution in [0.2, 0.25) is 0 Å². The molecular formula is C25H26N4O6. The van der Waals surface area contributed by atoms with Crippen molar-refractivity contribution in [2.45, 2.75) is 31.3 Å². The number of ether oxygens (including phenoxy) is 1. The minimum absolute atomic E-state index is 0.0767. The zero-order chi connectivity index (χ0) is 25.2. The SMILES string of the molecule is CC(C)(C(=O)N[C@@H](CO)C(=O)O)n1cc(NC(=O)OCC2c3ccccc3-c3ccccc32)cn1. The van der Waals surface area contributed by atoms with Gasteiger partial charge in [0.05, 0.1) is 18.5 Å². The fourth-order valence-corrected chi connectivity index (χ4v) is 4.07. The summed E-state index contributed by atoms with van der Waals surface area (Å²) in [6, 6.07) is 14.6. The van der Waals surface area contributed by atoms with Crippen LogP contribution in [-0.4, -0.2) is 57.2 Å². The smallest absolute Gasteiger partial charge is 0.411 e. The Morgan fingerprint density at radius 2 is 1.69 bits per heavy atom. The first-order valence-electron chi connectivity index (χ1n) is 11.0. The van der Waals surface area contributed by atoms with Crippen molar-refractivity contribution in [2.75, 3.05) is 18.5 Å². The number of rotatable bonds is 8. The number of aliphatic hydroxyl groups is 1. The highest BCUT2D eigenvalue weighted by atomic mass is 16.5. The van der Waals surface area contributed by atoms with Gasteiger partial charge in [0.25, 0.3) is 0 Å². The molecule has 0 saturated heterocycles. The fraction of sp³-hybridized carbons (Fsp3) is 0.280. The van der Waals surface area contributed by atoms with Crippen molar-refractivity contribution in [2.24, 2.45) is 0 Å². The maximum absolute atomic E-state index is 12.6. The van der Waals surface area contributed by atoms with Gasteiger partial charge in [0.1, 0.15) is 18.2 Å². The molecule has 1 aliphatic carbocycles. The lowest BCUT2D eigenvalue weighted by Crippen LogP contribution is -2.52. The standard InChI is InChI=1S/C25H26N4O6/c1-25(2,23(33)28-21(13-30)22(31)32)29-12-15(11-26-29)27-24(34)35-14-20-18-9-5-3-7-16(18)17-8-4-6-10-19(17)20/h3-12,20-21,30H,13-14H2,1-2H3,(H,27,34)(H,28,33)(H,31,32)/t21-/m0/s1. The van der Waals surface area contributed by atoms with Crippen molar-refractivity contribution in [3.05, 3.63) is 72.1 Å². The summed E-state index contributed by atoms with van der Waals surface area (Å²) in [4.78, 5) is 36.2. The van der Waals surface area contributed by atoms with E-state index in [-0.39, 0.29) is 12.5 Å². The van der Waals surface area contributed by atoms with Gasteiger partial charge in [0.15, 0.2) is 0 Å². The maximum atomic E-state index is 12.6. The number of aromatic nitrogens is 2. The molecule has 0 fully saturated rings. The van der Waals surface area contributed by atoms with Gasteiger partial charge >= 0.3 is 12.1 Å². The summed E-state index contributed by atoms with van der Waals surface area (Å²) in [5.41, 5.74) is 3.48. The Morgan fingerprint density at radius 3 is 2.26 bits per heavy atom. The van der Waals surface area contributed by atoms with Gasteiger partial charge in [-0.3, -0.25) is 14.8 Å². The van der Waals surface area contributed by atoms with Crippen LogP contribution >= 0.6 is 0 Å². The minimum Gasteiger partial charge on any atom is -0.480 e. The van der Waals surface area contributed by atoms with E-state index >= 15 is 0 Å². The summed E-state index contributed by atoms with van der Waals surface area (Å²) in [5.74, 6) is -2.09. The molecule has 10 heteroatoms. The molecule has 0 saturated carbocycles. The number of hydrogen-bond donors (Lipinski definition) is 4. The molecule has 182 valence electrons. The van der Waals surface area contributed by atoms with Crippen LogP contribution in [0.15, 0.2) is 60.9 Å². The lowest BCUT2D eigenvalue weighted by molar-refractivity contribution is -0.144. The van der Waals surface area contributed by atoms with E-state index in [4.69, 9.17) is 14.9 Å². The summed E-state index contributed by atoms with van der Waals surface area (Å²) in [7, 11) is 0. The number of nitrogens with zero attached hydrogens (tertiary/aromatic N) is 2. The second-order valence-corrected chi connectivity index (χ2v) is 8.73. The van der Waals surface area contributed by atoms with Gasteiger partial charge < -0.3 is 20.3 Å². The van der Waals surface area contributed by atoms with Crippen LogP contribution in [0.25, 0.3) is 11.1 Å². The average molecular weight is 479 g/mol. The second-order valence-electron chi connectivity index (χ2n) is 8.73. The van der Waals surface area contributed by atoms with Crippen LogP contribution in [0.3, 0.4) is 0 Å². The molecule has 35 heavy (non-hydrogen) atoms. The highest BCUT2D eigenvalue weighted by Gasteiger charge is 2.34. The van der Waals surface area contributed by atoms with E-state index in [1.807, 2.05) is 36.4 Å². The van der Waals surface area contributed by atoms with E-state index in [0.29, 0.717) is 5.69 Å². The molecule has 1 aromatic heterocycles. The monoisotopic (exact) mass is 478 g/mol. The summed E-state index contributed by atoms with van der Waals surface area (Å²) in [5, 5.41) is 27.2. The number of carbonyl (C=O) groups is 3. The van der Waals surface area contributed by atoms with Crippen molar-refractivity contribution in [1.29, 1.82) is 0 Å². The lowest BCUT2D eigenvalue weighted by atomic mass is 9.98. The van der Waals surface area contributed by atoms with Crippen molar-refractivity contribution in [3.8, 4) is 11.1 Å². The molecule has 2 aromatic carbocycles. The number of anilines is 1. The number of carbonyl (C=O) groups excluding carboxylic acids is 2. The van der Waals surface area contributed by atoms with Crippen LogP contribution in [0, 0.1) is 0 Å². The molecule has 10 nitrogen and oxygen atoms in total. The molecule has 4 N–H and O–H groups in total. The Bertz CT molecular complexity index is 1220. The number of benzene rings is 2. The highest BCUT2D eigenvalue weighted by molar-refractivity contribution is 5.88. The number of aliphatic carboxylic acids is 1. The zero-order valence-corrected chi connectivity index (χ0v) is 19.3. The first-order chi connectivity index (χ1) is 16.7. The Morgan fingerprint density at radius 1 is 1.09 bits per heavy atom. The average Bonchev–Trinajstić information content (AvgIpc) is 3.44. The van der Waals surface area contributed by atoms with Crippen molar-refractivity contribution in [3.63, 3.8) is 0 Å². The summed E-state index contributed by atoms with van der Waals surface area (Å²) in [6.45, 7) is 2.47. The molecule has 0 aliphatic heterocycles. The normalized spacial score (nSPS) is 13.5. The minimum atomic E-state index is -1.43. The lowest BCUT2D eigenvalue weighted by Gasteiger charge is -2.25. The summed E-state index contributed by atoms with van der Waals surface area (Å²) < 4.78 is 6.81. The third kappa shape index (κ3) is 4.73. The van der Waals surface area contributed by atoms with E-state index in [2.05, 4.69) is 27.9 Å². The molecular weight excluding hydrogens is 452 g/mol. The Labute approximate surface area is 201 Å². The topological polar surface area (TPSA) is 143 Å². The molecule has 1 aliphatic rings. The zero-order valence-electron chi connectivity index (χ0n) is 19.3. The third-order valence-corrected chi connectivity index (χ3v) is 6.09. The van der Waals surface area contributed by atoms with Gasteiger partial charge in [-0.25, -0.2) is 9.59 Å². The van der Waals surface area contributed by atoms with Crippen LogP contribution in [0.4, 0.5) is 10.5 Å². The number of nitrogens with one attached hydrogen (secondary N) is 2. The Kier molecular flexibility index (Phi) is 6.57. The maximum Gasteiger partial charge on any atom is 0.411 e. The van der Waals surface area contributed by atoms with Gasteiger partial charge in [0, 0.05) is 12.1 Å². The van der Waals surface area contributed by atoms with Crippen LogP contribution < -0.4 is 10.6 Å². The highest BCUT2D eigenvalue weighted by Crippen LogP contribution is 2.44. The third-order valence-electron chi connectivity index (χ3n) is 6.09. The van der Waals surface area contributed by atoms with Crippen molar-refractivity contribution in [1.82, 2.24) is 15.1 Å². The van der Waals surface area contributed by atoms with E-state index < -0.39 is 36.2 Å². The largest absolute Gasteiger partial charge is 0.480 e. The Balaban J connectivity index is 1.39. The van der Waals surface area contributed by atoms with Gasteiger partial charge in [0.2, 0.25) is 5.91 Å². The van der Waals surface area contributed by atoms with E-state index in [1.165, 1.54) is 30.9 Å². The first-order valence-corrected chi connectivity index (χ1v) is 11.0. The number of carboxylic acids is 1. The number of carboxylic acid groups (broad SMARTS) is 1. The van der Waals surface area contributed by atoms with Crippen molar-refractivity contribution >= 4 is 23.7 Å². The number of aliphatic hydroxyl groups excluding tert-OH is 1. The summed E-state index contributed by atoms with van der Waals surface area (Å²) >= 11 is 0. The number of hydrogen-bond acceptors (Lipinski definition) is 6. The summed E-state index contributed by atoms with van der Waals surface area (Å²) in [6.07, 6.45) is 2.13. The van der Waals surface area contributed by atoms with E-state index in [1.54, 1.807) is 0 Å². The quantitative estimate of drug-likeness (QED) is 0.390. The van der Waals surface area contributed by atoms with Crippen LogP contribution in [0.1, 0.15) is 30.9 Å². The molecule has 0 spiro atoms. The van der Waals surface area contributed by atoms with E-state index in [0.717, 1.165) is 22.3 Å². The van der Waals surface area contributed by atoms with Gasteiger partial charge in [-0.15, -0.1) is 0 Å². The van der Waals surface area contributed by atoms with E-state index in [9.17, 15) is 14.4 Å². The fourth-order valence-electron chi connectivity index (χ4n) is 4.07. The molecule has 2 amide bonds. The number of fused-ring (bicyclic) bond motifs is 3. The second kappa shape index (κ2) is 9.59. The predicted octanol–water partition coefficient (Wildman–Crippen LogP) is 2.54. The molecule has 0 radical (unpaired) electrons.